The van der Waals surface area contributed by atoms with Crippen LogP contribution in [0.5, 0.6) is 0 Å². The van der Waals surface area contributed by atoms with Gasteiger partial charge in [0.05, 0.1) is 16.9 Å². The zero-order chi connectivity index (χ0) is 17.8. The molecule has 24 heavy (non-hydrogen) atoms. The van der Waals surface area contributed by atoms with Crippen molar-refractivity contribution in [1.29, 1.82) is 0 Å². The fourth-order valence-electron chi connectivity index (χ4n) is 3.13. The first-order chi connectivity index (χ1) is 11.2. The molecule has 4 nitrogen and oxygen atoms in total. The SMILES string of the molecule is C=C(c1cc2c(C)c3[nH]c(N(C)C(=C)C)cc3c(C)c2[nH]1)N(C)C. The third-order valence-electron chi connectivity index (χ3n) is 4.96. The van der Waals surface area contributed by atoms with Gasteiger partial charge < -0.3 is 19.8 Å². The maximum atomic E-state index is 4.16. The van der Waals surface area contributed by atoms with Crippen LogP contribution in [0.25, 0.3) is 27.5 Å². The maximum Gasteiger partial charge on any atom is 0.110 e. The monoisotopic (exact) mass is 322 g/mol. The summed E-state index contributed by atoms with van der Waals surface area (Å²) in [6.45, 7) is 14.5. The van der Waals surface area contributed by atoms with Gasteiger partial charge in [0.25, 0.3) is 0 Å². The average molecular weight is 322 g/mol. The molecular weight excluding hydrogens is 296 g/mol. The molecule has 0 radical (unpaired) electrons. The van der Waals surface area contributed by atoms with Gasteiger partial charge in [-0.3, -0.25) is 0 Å². The van der Waals surface area contributed by atoms with Crippen LogP contribution in [0, 0.1) is 13.8 Å². The minimum Gasteiger partial charge on any atom is -0.376 e. The molecule has 0 amide bonds. The summed E-state index contributed by atoms with van der Waals surface area (Å²) in [6, 6.07) is 4.40. The van der Waals surface area contributed by atoms with E-state index in [9.17, 15) is 0 Å². The smallest absolute Gasteiger partial charge is 0.110 e. The highest BCUT2D eigenvalue weighted by molar-refractivity contribution is 6.05. The van der Waals surface area contributed by atoms with E-state index in [0.29, 0.717) is 0 Å². The number of nitrogens with zero attached hydrogens (tertiary/aromatic N) is 2. The Balaban J connectivity index is 2.27. The summed E-state index contributed by atoms with van der Waals surface area (Å²) < 4.78 is 0. The molecule has 2 aromatic heterocycles. The second-order valence-corrected chi connectivity index (χ2v) is 6.80. The molecule has 0 spiro atoms. The van der Waals surface area contributed by atoms with Gasteiger partial charge in [0.2, 0.25) is 0 Å². The van der Waals surface area contributed by atoms with Gasteiger partial charge in [-0.15, -0.1) is 0 Å². The molecule has 0 aliphatic carbocycles. The molecular formula is C20H26N4. The number of hydrogen-bond donors (Lipinski definition) is 2. The van der Waals surface area contributed by atoms with Crippen molar-refractivity contribution >= 4 is 33.3 Å². The van der Waals surface area contributed by atoms with E-state index in [-0.39, 0.29) is 0 Å². The van der Waals surface area contributed by atoms with Crippen LogP contribution in [-0.4, -0.2) is 36.0 Å². The van der Waals surface area contributed by atoms with Crippen LogP contribution >= 0.6 is 0 Å². The van der Waals surface area contributed by atoms with Crippen LogP contribution < -0.4 is 4.90 Å². The summed E-state index contributed by atoms with van der Waals surface area (Å²) in [4.78, 5) is 11.2. The molecule has 3 aromatic rings. The van der Waals surface area contributed by atoms with Gasteiger partial charge in [0, 0.05) is 43.1 Å². The summed E-state index contributed by atoms with van der Waals surface area (Å²) in [5.74, 6) is 1.06. The Labute approximate surface area is 143 Å². The predicted octanol–water partition coefficient (Wildman–Crippen LogP) is 4.77. The number of aryl methyl sites for hydroxylation is 2. The number of rotatable bonds is 4. The fraction of sp³-hybridized carbons (Fsp3) is 0.300. The molecule has 3 rings (SSSR count). The summed E-state index contributed by atoms with van der Waals surface area (Å²) in [5.41, 5.74) is 7.92. The number of aromatic amines is 2. The van der Waals surface area contributed by atoms with E-state index in [1.165, 1.54) is 32.9 Å². The van der Waals surface area contributed by atoms with Gasteiger partial charge >= 0.3 is 0 Å². The minimum atomic E-state index is 0.983. The van der Waals surface area contributed by atoms with Crippen LogP contribution in [0.2, 0.25) is 0 Å². The lowest BCUT2D eigenvalue weighted by Gasteiger charge is -2.16. The molecule has 0 saturated carbocycles. The second-order valence-electron chi connectivity index (χ2n) is 6.80. The zero-order valence-electron chi connectivity index (χ0n) is 15.5. The zero-order valence-corrected chi connectivity index (χ0v) is 15.5. The molecule has 0 bridgehead atoms. The lowest BCUT2D eigenvalue weighted by Crippen LogP contribution is -2.13. The Morgan fingerprint density at radius 1 is 0.917 bits per heavy atom. The van der Waals surface area contributed by atoms with Crippen LogP contribution in [-0.2, 0) is 0 Å². The number of allylic oxidation sites excluding steroid dienone is 1. The van der Waals surface area contributed by atoms with Crippen LogP contribution in [0.3, 0.4) is 0 Å². The first kappa shape index (κ1) is 16.2. The first-order valence-corrected chi connectivity index (χ1v) is 8.12. The van der Waals surface area contributed by atoms with Crippen LogP contribution in [0.1, 0.15) is 23.7 Å². The Morgan fingerprint density at radius 3 is 2.00 bits per heavy atom. The van der Waals surface area contributed by atoms with Gasteiger partial charge in [-0.05, 0) is 44.0 Å². The molecule has 0 saturated heterocycles. The minimum absolute atomic E-state index is 0.983. The highest BCUT2D eigenvalue weighted by Gasteiger charge is 2.16. The summed E-state index contributed by atoms with van der Waals surface area (Å²) in [6.07, 6.45) is 0. The topological polar surface area (TPSA) is 38.1 Å². The number of benzene rings is 1. The van der Waals surface area contributed by atoms with E-state index < -0.39 is 0 Å². The molecule has 2 heterocycles. The normalized spacial score (nSPS) is 11.2. The van der Waals surface area contributed by atoms with Gasteiger partial charge in [-0.25, -0.2) is 0 Å². The van der Waals surface area contributed by atoms with Crippen molar-refractivity contribution in [1.82, 2.24) is 14.9 Å². The third-order valence-corrected chi connectivity index (χ3v) is 4.96. The van der Waals surface area contributed by atoms with Crippen molar-refractivity contribution in [2.75, 3.05) is 26.0 Å². The van der Waals surface area contributed by atoms with Crippen LogP contribution in [0.4, 0.5) is 5.82 Å². The van der Waals surface area contributed by atoms with Gasteiger partial charge in [-0.2, -0.15) is 0 Å². The van der Waals surface area contributed by atoms with Crippen LogP contribution in [0.15, 0.2) is 31.0 Å². The van der Waals surface area contributed by atoms with Gasteiger partial charge in [0.15, 0.2) is 0 Å². The average Bonchev–Trinajstić information content (AvgIpc) is 3.16. The maximum absolute atomic E-state index is 4.16. The number of hydrogen-bond acceptors (Lipinski definition) is 2. The molecule has 1 aromatic carbocycles. The highest BCUT2D eigenvalue weighted by atomic mass is 15.2. The predicted molar refractivity (Wildman–Crippen MR) is 106 cm³/mol. The number of aromatic nitrogens is 2. The van der Waals surface area contributed by atoms with Crippen molar-refractivity contribution in [2.24, 2.45) is 0 Å². The number of nitrogens with one attached hydrogen (secondary N) is 2. The fourth-order valence-corrected chi connectivity index (χ4v) is 3.13. The quantitative estimate of drug-likeness (QED) is 0.726. The van der Waals surface area contributed by atoms with Crippen molar-refractivity contribution in [2.45, 2.75) is 20.8 Å². The van der Waals surface area contributed by atoms with E-state index in [1.807, 2.05) is 33.0 Å². The van der Waals surface area contributed by atoms with E-state index in [2.05, 4.69) is 54.0 Å². The molecule has 126 valence electrons. The Morgan fingerprint density at radius 2 is 1.46 bits per heavy atom. The van der Waals surface area contributed by atoms with E-state index in [1.54, 1.807) is 0 Å². The van der Waals surface area contributed by atoms with Gasteiger partial charge in [0.1, 0.15) is 5.82 Å². The number of H-pyrrole nitrogens is 2. The third kappa shape index (κ3) is 2.30. The lowest BCUT2D eigenvalue weighted by atomic mass is 10.0. The van der Waals surface area contributed by atoms with E-state index in [0.717, 1.165) is 22.9 Å². The molecule has 0 unspecified atom stereocenters. The Hall–Kier alpha value is -2.62. The van der Waals surface area contributed by atoms with E-state index in [4.69, 9.17) is 0 Å². The van der Waals surface area contributed by atoms with Crippen molar-refractivity contribution in [3.05, 3.63) is 47.8 Å². The second kappa shape index (κ2) is 5.48. The largest absolute Gasteiger partial charge is 0.376 e. The summed E-state index contributed by atoms with van der Waals surface area (Å²) in [5, 5.41) is 2.48. The highest BCUT2D eigenvalue weighted by Crippen LogP contribution is 2.35. The summed E-state index contributed by atoms with van der Waals surface area (Å²) in [7, 11) is 6.05. The Kier molecular flexibility index (Phi) is 3.71. The molecule has 0 aliphatic heterocycles. The summed E-state index contributed by atoms with van der Waals surface area (Å²) >= 11 is 0. The number of anilines is 1. The Bertz CT molecular complexity index is 912. The molecule has 2 N–H and O–H groups in total. The first-order valence-electron chi connectivity index (χ1n) is 8.12. The van der Waals surface area contributed by atoms with Crippen molar-refractivity contribution in [3.8, 4) is 0 Å². The molecule has 0 aliphatic rings. The van der Waals surface area contributed by atoms with Crippen molar-refractivity contribution in [3.63, 3.8) is 0 Å². The molecule has 4 heteroatoms. The number of fused-ring (bicyclic) bond motifs is 2. The van der Waals surface area contributed by atoms with E-state index >= 15 is 0 Å². The van der Waals surface area contributed by atoms with Gasteiger partial charge in [-0.1, -0.05) is 13.2 Å². The molecule has 0 fully saturated rings. The molecule has 0 atom stereocenters. The standard InChI is InChI=1S/C20H26N4/c1-11(2)24(8)18-10-16-13(4)19-15(12(3)20(16)22-18)9-17(21-19)14(5)23(6)7/h9-10,21-22H,1,5H2,2-4,6-8H3. The lowest BCUT2D eigenvalue weighted by molar-refractivity contribution is 0.591. The van der Waals surface area contributed by atoms with Crippen molar-refractivity contribution < 1.29 is 0 Å².